The molecule has 3 nitrogen and oxygen atoms in total. The smallest absolute Gasteiger partial charge is 0.170 e. The number of ketones is 1. The van der Waals surface area contributed by atoms with Gasteiger partial charge in [-0.3, -0.25) is 4.79 Å². The summed E-state index contributed by atoms with van der Waals surface area (Å²) in [6.45, 7) is 1.95. The lowest BCUT2D eigenvalue weighted by molar-refractivity contribution is -0.0104. The molecule has 0 aliphatic carbocycles. The van der Waals surface area contributed by atoms with Gasteiger partial charge in [0.2, 0.25) is 0 Å². The van der Waals surface area contributed by atoms with Gasteiger partial charge >= 0.3 is 0 Å². The second kappa shape index (κ2) is 3.84. The van der Waals surface area contributed by atoms with Gasteiger partial charge in [-0.15, -0.1) is 0 Å². The average molecular weight is 231 g/mol. The molecule has 2 heterocycles. The highest BCUT2D eigenvalue weighted by molar-refractivity contribution is 6.00. The number of nitrogens with zero attached hydrogens (tertiary/aromatic N) is 1. The van der Waals surface area contributed by atoms with Gasteiger partial charge in [-0.1, -0.05) is 12.1 Å². The van der Waals surface area contributed by atoms with Crippen molar-refractivity contribution < 1.29 is 9.53 Å². The fraction of sp³-hybridized carbons (Fsp3) is 0.500. The number of likely N-dealkylation sites (N-methyl/N-ethyl adjacent to an activating group) is 1. The van der Waals surface area contributed by atoms with E-state index in [0.717, 1.165) is 37.2 Å². The van der Waals surface area contributed by atoms with E-state index in [-0.39, 0.29) is 11.4 Å². The minimum absolute atomic E-state index is 0.224. The molecule has 0 amide bonds. The number of carbonyl (C=O) groups excluding carboxylic acids is 1. The summed E-state index contributed by atoms with van der Waals surface area (Å²) < 4.78 is 6.14. The SMILES string of the molecule is CN1CCCC2(CC(=O)c3ccccc3O2)C1. The maximum atomic E-state index is 12.2. The number of fused-ring (bicyclic) bond motifs is 1. The first-order valence-electron chi connectivity index (χ1n) is 6.18. The van der Waals surface area contributed by atoms with Crippen molar-refractivity contribution in [2.45, 2.75) is 24.9 Å². The van der Waals surface area contributed by atoms with Crippen LogP contribution in [0.4, 0.5) is 0 Å². The quantitative estimate of drug-likeness (QED) is 0.685. The second-order valence-corrected chi connectivity index (χ2v) is 5.22. The van der Waals surface area contributed by atoms with Gasteiger partial charge < -0.3 is 9.64 Å². The van der Waals surface area contributed by atoms with Crippen molar-refractivity contribution in [1.29, 1.82) is 0 Å². The van der Waals surface area contributed by atoms with Gasteiger partial charge in [0.15, 0.2) is 5.78 Å². The van der Waals surface area contributed by atoms with Crippen LogP contribution in [0.1, 0.15) is 29.6 Å². The molecule has 2 aliphatic heterocycles. The summed E-state index contributed by atoms with van der Waals surface area (Å²) in [6.07, 6.45) is 2.61. The zero-order chi connectivity index (χ0) is 11.9. The Kier molecular flexibility index (Phi) is 2.44. The summed E-state index contributed by atoms with van der Waals surface area (Å²) in [7, 11) is 2.09. The molecule has 1 atom stereocenters. The molecule has 1 aromatic rings. The molecule has 0 bridgehead atoms. The Balaban J connectivity index is 1.95. The summed E-state index contributed by atoms with van der Waals surface area (Å²) in [5.74, 6) is 0.987. The molecule has 0 aromatic heterocycles. The van der Waals surface area contributed by atoms with Crippen molar-refractivity contribution >= 4 is 5.78 Å². The molecule has 17 heavy (non-hydrogen) atoms. The third-order valence-corrected chi connectivity index (χ3v) is 3.73. The largest absolute Gasteiger partial charge is 0.485 e. The van der Waals surface area contributed by atoms with Crippen LogP contribution in [0.3, 0.4) is 0 Å². The molecule has 2 aliphatic rings. The fourth-order valence-corrected chi connectivity index (χ4v) is 2.99. The third-order valence-electron chi connectivity index (χ3n) is 3.73. The lowest BCUT2D eigenvalue weighted by atomic mass is 9.84. The fourth-order valence-electron chi connectivity index (χ4n) is 2.99. The maximum Gasteiger partial charge on any atom is 0.170 e. The van der Waals surface area contributed by atoms with Gasteiger partial charge in [-0.25, -0.2) is 0 Å². The van der Waals surface area contributed by atoms with Crippen molar-refractivity contribution in [3.63, 3.8) is 0 Å². The topological polar surface area (TPSA) is 29.5 Å². The Bertz CT molecular complexity index is 457. The van der Waals surface area contributed by atoms with E-state index in [1.807, 2.05) is 24.3 Å². The molecule has 1 aromatic carbocycles. The van der Waals surface area contributed by atoms with Crippen molar-refractivity contribution in [2.75, 3.05) is 20.1 Å². The zero-order valence-electron chi connectivity index (χ0n) is 10.1. The normalized spacial score (nSPS) is 28.9. The Morgan fingerprint density at radius 2 is 2.18 bits per heavy atom. The first-order valence-corrected chi connectivity index (χ1v) is 6.18. The molecular formula is C14H17NO2. The number of para-hydroxylation sites is 1. The van der Waals surface area contributed by atoms with Crippen LogP contribution in [0.25, 0.3) is 0 Å². The van der Waals surface area contributed by atoms with Crippen molar-refractivity contribution in [3.05, 3.63) is 29.8 Å². The molecule has 1 spiro atoms. The van der Waals surface area contributed by atoms with E-state index in [0.29, 0.717) is 6.42 Å². The minimum Gasteiger partial charge on any atom is -0.485 e. The van der Waals surface area contributed by atoms with Gasteiger partial charge in [0.05, 0.1) is 12.0 Å². The number of hydrogen-bond donors (Lipinski definition) is 0. The van der Waals surface area contributed by atoms with Crippen LogP contribution < -0.4 is 4.74 Å². The number of hydrogen-bond acceptors (Lipinski definition) is 3. The van der Waals surface area contributed by atoms with E-state index >= 15 is 0 Å². The second-order valence-electron chi connectivity index (χ2n) is 5.22. The summed E-state index contributed by atoms with van der Waals surface area (Å²) >= 11 is 0. The van der Waals surface area contributed by atoms with Crippen LogP contribution in [0.15, 0.2) is 24.3 Å². The van der Waals surface area contributed by atoms with E-state index in [4.69, 9.17) is 4.74 Å². The lowest BCUT2D eigenvalue weighted by Gasteiger charge is -2.43. The number of piperidine rings is 1. The Hall–Kier alpha value is -1.35. The van der Waals surface area contributed by atoms with Crippen molar-refractivity contribution in [1.82, 2.24) is 4.90 Å². The highest BCUT2D eigenvalue weighted by Crippen LogP contribution is 2.37. The standard InChI is InChI=1S/C14H17NO2/c1-15-8-4-7-14(10-15)9-12(16)11-5-2-3-6-13(11)17-14/h2-3,5-6H,4,7-10H2,1H3. The zero-order valence-corrected chi connectivity index (χ0v) is 10.1. The molecule has 1 fully saturated rings. The Morgan fingerprint density at radius 1 is 1.35 bits per heavy atom. The van der Waals surface area contributed by atoms with E-state index in [2.05, 4.69) is 11.9 Å². The van der Waals surface area contributed by atoms with E-state index in [1.165, 1.54) is 0 Å². The van der Waals surface area contributed by atoms with Crippen LogP contribution >= 0.6 is 0 Å². The molecule has 3 rings (SSSR count). The summed E-state index contributed by atoms with van der Waals surface area (Å²) in [5, 5.41) is 0. The van der Waals surface area contributed by atoms with Crippen molar-refractivity contribution in [3.8, 4) is 5.75 Å². The molecule has 90 valence electrons. The number of benzene rings is 1. The highest BCUT2D eigenvalue weighted by atomic mass is 16.5. The Morgan fingerprint density at radius 3 is 3.00 bits per heavy atom. The maximum absolute atomic E-state index is 12.2. The van der Waals surface area contributed by atoms with Crippen LogP contribution in [0.5, 0.6) is 5.75 Å². The summed E-state index contributed by atoms with van der Waals surface area (Å²) in [4.78, 5) is 14.4. The van der Waals surface area contributed by atoms with Gasteiger partial charge in [0.1, 0.15) is 11.4 Å². The van der Waals surface area contributed by atoms with Crippen LogP contribution in [0, 0.1) is 0 Å². The molecular weight excluding hydrogens is 214 g/mol. The van der Waals surface area contributed by atoms with Crippen molar-refractivity contribution in [2.24, 2.45) is 0 Å². The average Bonchev–Trinajstić information content (AvgIpc) is 2.28. The summed E-state index contributed by atoms with van der Waals surface area (Å²) in [6, 6.07) is 7.59. The van der Waals surface area contributed by atoms with Gasteiger partial charge in [0, 0.05) is 6.54 Å². The summed E-state index contributed by atoms with van der Waals surface area (Å²) in [5.41, 5.74) is 0.463. The number of carbonyl (C=O) groups is 1. The van der Waals surface area contributed by atoms with Gasteiger partial charge in [-0.05, 0) is 38.6 Å². The number of ether oxygens (including phenoxy) is 1. The van der Waals surface area contributed by atoms with E-state index in [9.17, 15) is 4.79 Å². The monoisotopic (exact) mass is 231 g/mol. The van der Waals surface area contributed by atoms with Crippen LogP contribution in [0.2, 0.25) is 0 Å². The van der Waals surface area contributed by atoms with Crippen LogP contribution in [-0.2, 0) is 0 Å². The predicted octanol–water partition coefficient (Wildman–Crippen LogP) is 2.12. The lowest BCUT2D eigenvalue weighted by Crippen LogP contribution is -2.53. The van der Waals surface area contributed by atoms with Gasteiger partial charge in [0.25, 0.3) is 0 Å². The molecule has 0 saturated carbocycles. The molecule has 0 N–H and O–H groups in total. The Labute approximate surface area is 101 Å². The van der Waals surface area contributed by atoms with E-state index in [1.54, 1.807) is 0 Å². The van der Waals surface area contributed by atoms with Gasteiger partial charge in [-0.2, -0.15) is 0 Å². The third kappa shape index (κ3) is 1.84. The first kappa shape index (κ1) is 10.8. The molecule has 3 heteroatoms. The number of likely N-dealkylation sites (tertiary alicyclic amines) is 1. The van der Waals surface area contributed by atoms with E-state index < -0.39 is 0 Å². The van der Waals surface area contributed by atoms with Crippen LogP contribution in [-0.4, -0.2) is 36.4 Å². The predicted molar refractivity (Wildman–Crippen MR) is 65.5 cm³/mol. The molecule has 1 saturated heterocycles. The number of rotatable bonds is 0. The number of Topliss-reactive ketones (excluding diaryl/α,β-unsaturated/α-hetero) is 1. The molecule has 0 radical (unpaired) electrons. The minimum atomic E-state index is -0.279. The molecule has 1 unspecified atom stereocenters. The highest BCUT2D eigenvalue weighted by Gasteiger charge is 2.42. The first-order chi connectivity index (χ1) is 8.19.